The van der Waals surface area contributed by atoms with Crippen molar-refractivity contribution in [2.75, 3.05) is 5.32 Å². The van der Waals surface area contributed by atoms with Gasteiger partial charge >= 0.3 is 0 Å². The summed E-state index contributed by atoms with van der Waals surface area (Å²) in [5, 5.41) is 50.1. The third-order valence-electron chi connectivity index (χ3n) is 3.77. The molecule has 1 aliphatic carbocycles. The first-order chi connectivity index (χ1) is 10.9. The molecule has 2 aromatic rings. The van der Waals surface area contributed by atoms with Crippen molar-refractivity contribution in [3.63, 3.8) is 0 Å². The molecule has 2 atom stereocenters. The Bertz CT molecular complexity index is 676. The predicted octanol–water partition coefficient (Wildman–Crippen LogP) is -0.817. The maximum atomic E-state index is 11.9. The zero-order valence-electron chi connectivity index (χ0n) is 11.9. The fourth-order valence-electron chi connectivity index (χ4n) is 2.55. The van der Waals surface area contributed by atoms with E-state index in [1.165, 1.54) is 0 Å². The van der Waals surface area contributed by atoms with E-state index in [4.69, 9.17) is 0 Å². The van der Waals surface area contributed by atoms with Gasteiger partial charge in [-0.1, -0.05) is 11.3 Å². The molecule has 0 spiro atoms. The fourth-order valence-corrected chi connectivity index (χ4v) is 3.39. The molecule has 0 aromatic carbocycles. The number of H-pyrrole nitrogens is 1. The van der Waals surface area contributed by atoms with Gasteiger partial charge in [0.2, 0.25) is 5.13 Å². The molecule has 0 radical (unpaired) electrons. The second kappa shape index (κ2) is 5.98. The van der Waals surface area contributed by atoms with E-state index in [-0.39, 0.29) is 23.0 Å². The maximum Gasteiger partial charge on any atom is 0.273 e. The van der Waals surface area contributed by atoms with Crippen LogP contribution in [0.5, 0.6) is 0 Å². The minimum Gasteiger partial charge on any atom is -0.390 e. The Hall–Kier alpha value is -1.85. The average Bonchev–Trinajstić information content (AvgIpc) is 3.16. The average molecular weight is 340 g/mol. The van der Waals surface area contributed by atoms with Crippen LogP contribution in [0.1, 0.15) is 28.3 Å². The lowest BCUT2D eigenvalue weighted by atomic mass is 9.80. The normalized spacial score (nSPS) is 31.0. The zero-order chi connectivity index (χ0) is 16.6. The van der Waals surface area contributed by atoms with E-state index in [1.54, 1.807) is 18.3 Å². The Morgan fingerprint density at radius 1 is 1.30 bits per heavy atom. The van der Waals surface area contributed by atoms with Crippen molar-refractivity contribution in [3.8, 4) is 0 Å². The summed E-state index contributed by atoms with van der Waals surface area (Å²) >= 11 is 0.947. The molecule has 124 valence electrons. The molecular weight excluding hydrogens is 324 g/mol. The van der Waals surface area contributed by atoms with Gasteiger partial charge in [0.25, 0.3) is 5.91 Å². The van der Waals surface area contributed by atoms with Crippen LogP contribution < -0.4 is 5.32 Å². The number of nitrogens with zero attached hydrogens (tertiary/aromatic N) is 2. The summed E-state index contributed by atoms with van der Waals surface area (Å²) in [6, 6.07) is 3.28. The topological polar surface area (TPSA) is 152 Å². The Labute approximate surface area is 134 Å². The van der Waals surface area contributed by atoms with Gasteiger partial charge in [0, 0.05) is 19.0 Å². The number of aromatic nitrogens is 3. The van der Waals surface area contributed by atoms with Crippen molar-refractivity contribution in [2.24, 2.45) is 0 Å². The van der Waals surface area contributed by atoms with Crippen LogP contribution in [0.2, 0.25) is 0 Å². The zero-order valence-corrected chi connectivity index (χ0v) is 12.7. The molecule has 9 nitrogen and oxygen atoms in total. The lowest BCUT2D eigenvalue weighted by molar-refractivity contribution is -0.158. The number of rotatable bonds is 3. The van der Waals surface area contributed by atoms with E-state index >= 15 is 0 Å². The van der Waals surface area contributed by atoms with Crippen LogP contribution in [0.3, 0.4) is 0 Å². The minimum absolute atomic E-state index is 0.157. The number of carbonyl (C=O) groups is 1. The standard InChI is InChI=1S/C13H16N4O5S/c18-7-4-13(22,5-8(19)9(7)20)11-16-17-12(23-11)15-10(21)6-2-1-3-14-6/h1-3,7-9,14,18-20,22H,4-5H2,(H,15,17,21). The fraction of sp³-hybridized carbons (Fsp3) is 0.462. The lowest BCUT2D eigenvalue weighted by Crippen LogP contribution is -2.51. The molecule has 1 saturated carbocycles. The van der Waals surface area contributed by atoms with Crippen LogP contribution in [0.15, 0.2) is 18.3 Å². The number of nitrogens with one attached hydrogen (secondary N) is 2. The van der Waals surface area contributed by atoms with Crippen LogP contribution in [-0.2, 0) is 5.60 Å². The number of hydrogen-bond acceptors (Lipinski definition) is 8. The van der Waals surface area contributed by atoms with Gasteiger partial charge in [0.1, 0.15) is 17.4 Å². The van der Waals surface area contributed by atoms with Crippen LogP contribution in [0.4, 0.5) is 5.13 Å². The number of amides is 1. The molecule has 1 amide bonds. The highest BCUT2D eigenvalue weighted by Crippen LogP contribution is 2.39. The van der Waals surface area contributed by atoms with Crippen LogP contribution in [0, 0.1) is 0 Å². The number of anilines is 1. The molecule has 3 rings (SSSR count). The first-order valence-electron chi connectivity index (χ1n) is 6.94. The van der Waals surface area contributed by atoms with Crippen molar-refractivity contribution in [1.29, 1.82) is 0 Å². The SMILES string of the molecule is O=C(Nc1nnc(C2(O)CC(O)C(O)C(O)C2)s1)c1ccc[nH]1. The largest absolute Gasteiger partial charge is 0.390 e. The van der Waals surface area contributed by atoms with Gasteiger partial charge in [-0.2, -0.15) is 0 Å². The van der Waals surface area contributed by atoms with E-state index in [0.717, 1.165) is 11.3 Å². The summed E-state index contributed by atoms with van der Waals surface area (Å²) in [6.45, 7) is 0. The molecule has 0 aliphatic heterocycles. The molecule has 10 heteroatoms. The molecule has 2 aromatic heterocycles. The predicted molar refractivity (Wildman–Crippen MR) is 79.8 cm³/mol. The Kier molecular flexibility index (Phi) is 4.17. The Morgan fingerprint density at radius 3 is 2.61 bits per heavy atom. The van der Waals surface area contributed by atoms with Crippen LogP contribution in [0.25, 0.3) is 0 Å². The lowest BCUT2D eigenvalue weighted by Gasteiger charge is -2.38. The number of carbonyl (C=O) groups excluding carboxylic acids is 1. The van der Waals surface area contributed by atoms with Gasteiger partial charge in [-0.3, -0.25) is 10.1 Å². The number of aliphatic hydroxyl groups excluding tert-OH is 3. The molecule has 1 aliphatic rings. The van der Waals surface area contributed by atoms with Crippen LogP contribution >= 0.6 is 11.3 Å². The molecule has 2 unspecified atom stereocenters. The highest BCUT2D eigenvalue weighted by atomic mass is 32.1. The highest BCUT2D eigenvalue weighted by molar-refractivity contribution is 7.15. The van der Waals surface area contributed by atoms with Gasteiger partial charge in [0.15, 0.2) is 5.01 Å². The summed E-state index contributed by atoms with van der Waals surface area (Å²) < 4.78 is 0. The Balaban J connectivity index is 1.75. The van der Waals surface area contributed by atoms with E-state index in [2.05, 4.69) is 20.5 Å². The molecule has 6 N–H and O–H groups in total. The van der Waals surface area contributed by atoms with Gasteiger partial charge in [-0.15, -0.1) is 10.2 Å². The van der Waals surface area contributed by atoms with E-state index < -0.39 is 29.8 Å². The first kappa shape index (κ1) is 16.0. The van der Waals surface area contributed by atoms with Crippen molar-refractivity contribution < 1.29 is 25.2 Å². The first-order valence-corrected chi connectivity index (χ1v) is 7.76. The van der Waals surface area contributed by atoms with E-state index in [1.807, 2.05) is 0 Å². The minimum atomic E-state index is -1.61. The second-order valence-electron chi connectivity index (χ2n) is 5.52. The van der Waals surface area contributed by atoms with Gasteiger partial charge in [-0.25, -0.2) is 0 Å². The number of aliphatic hydroxyl groups is 4. The van der Waals surface area contributed by atoms with E-state index in [9.17, 15) is 25.2 Å². The second-order valence-corrected chi connectivity index (χ2v) is 6.49. The van der Waals surface area contributed by atoms with Crippen LogP contribution in [-0.4, -0.2) is 59.8 Å². The van der Waals surface area contributed by atoms with Gasteiger partial charge < -0.3 is 25.4 Å². The third kappa shape index (κ3) is 3.12. The summed E-state index contributed by atoms with van der Waals surface area (Å²) in [5.41, 5.74) is -1.25. The van der Waals surface area contributed by atoms with Crippen molar-refractivity contribution in [2.45, 2.75) is 36.8 Å². The quantitative estimate of drug-likeness (QED) is 0.427. The summed E-state index contributed by atoms with van der Waals surface area (Å²) in [4.78, 5) is 14.7. The maximum absolute atomic E-state index is 11.9. The molecule has 23 heavy (non-hydrogen) atoms. The summed E-state index contributed by atoms with van der Waals surface area (Å²) in [7, 11) is 0. The monoisotopic (exact) mass is 340 g/mol. The summed E-state index contributed by atoms with van der Waals surface area (Å²) in [6.07, 6.45) is -2.60. The Morgan fingerprint density at radius 2 is 2.00 bits per heavy atom. The van der Waals surface area contributed by atoms with Gasteiger partial charge in [0.05, 0.1) is 12.2 Å². The molecule has 0 saturated heterocycles. The molecule has 2 heterocycles. The van der Waals surface area contributed by atoms with Crippen molar-refractivity contribution in [3.05, 3.63) is 29.0 Å². The molecular formula is C13H16N4O5S. The number of aromatic amines is 1. The molecule has 0 bridgehead atoms. The van der Waals surface area contributed by atoms with Gasteiger partial charge in [-0.05, 0) is 12.1 Å². The van der Waals surface area contributed by atoms with Crippen molar-refractivity contribution >= 4 is 22.4 Å². The smallest absolute Gasteiger partial charge is 0.273 e. The number of hydrogen-bond donors (Lipinski definition) is 6. The highest BCUT2D eigenvalue weighted by Gasteiger charge is 2.46. The third-order valence-corrected chi connectivity index (χ3v) is 4.80. The summed E-state index contributed by atoms with van der Waals surface area (Å²) in [5.74, 6) is -0.399. The van der Waals surface area contributed by atoms with E-state index in [0.29, 0.717) is 5.69 Å². The van der Waals surface area contributed by atoms with Crippen molar-refractivity contribution in [1.82, 2.24) is 15.2 Å². The molecule has 1 fully saturated rings.